The van der Waals surface area contributed by atoms with E-state index >= 15 is 0 Å². The molecule has 0 aliphatic carbocycles. The normalized spacial score (nSPS) is 12.3. The van der Waals surface area contributed by atoms with Crippen molar-refractivity contribution in [2.75, 3.05) is 33.7 Å². The van der Waals surface area contributed by atoms with Crippen LogP contribution in [-0.4, -0.2) is 57.0 Å². The van der Waals surface area contributed by atoms with Gasteiger partial charge in [0.1, 0.15) is 0 Å². The van der Waals surface area contributed by atoms with Gasteiger partial charge in [-0.25, -0.2) is 0 Å². The summed E-state index contributed by atoms with van der Waals surface area (Å²) < 4.78 is 6.54. The molecule has 2 nitrogen and oxygen atoms in total. The first-order valence-electron chi connectivity index (χ1n) is 8.95. The van der Waals surface area contributed by atoms with Crippen LogP contribution in [0.3, 0.4) is 0 Å². The average Bonchev–Trinajstić information content (AvgIpc) is 2.38. The van der Waals surface area contributed by atoms with Crippen LogP contribution in [0.25, 0.3) is 0 Å². The maximum atomic E-state index is 3.65. The second-order valence-electron chi connectivity index (χ2n) is 6.76. The van der Waals surface area contributed by atoms with Gasteiger partial charge in [0.05, 0.1) is 0 Å². The van der Waals surface area contributed by atoms with E-state index in [0.29, 0.717) is 0 Å². The molecular formula is C17H40N2Sn. The SMILES string of the molecule is CC[CH2][Sn]([CH2]CC)([CH2]CC)[CH2]CCNCCCN(C)C. The first kappa shape index (κ1) is 20.7. The summed E-state index contributed by atoms with van der Waals surface area (Å²) in [5, 5.41) is 3.65. The Bertz CT molecular complexity index is 190. The van der Waals surface area contributed by atoms with Gasteiger partial charge in [-0.15, -0.1) is 0 Å². The molecule has 0 spiro atoms. The van der Waals surface area contributed by atoms with Crippen LogP contribution in [0.15, 0.2) is 0 Å². The van der Waals surface area contributed by atoms with Crippen molar-refractivity contribution in [3.8, 4) is 0 Å². The zero-order chi connectivity index (χ0) is 15.3. The molecule has 0 aromatic carbocycles. The molecule has 0 saturated carbocycles. The Morgan fingerprint density at radius 3 is 1.70 bits per heavy atom. The molecule has 0 radical (unpaired) electrons. The van der Waals surface area contributed by atoms with Crippen molar-refractivity contribution in [3.05, 3.63) is 0 Å². The molecule has 0 unspecified atom stereocenters. The van der Waals surface area contributed by atoms with Crippen LogP contribution < -0.4 is 5.32 Å². The first-order chi connectivity index (χ1) is 9.60. The number of nitrogens with zero attached hydrogens (tertiary/aromatic N) is 1. The van der Waals surface area contributed by atoms with Crippen molar-refractivity contribution in [3.63, 3.8) is 0 Å². The molecule has 122 valence electrons. The fourth-order valence-electron chi connectivity index (χ4n) is 3.57. The van der Waals surface area contributed by atoms with Gasteiger partial charge in [0, 0.05) is 0 Å². The number of hydrogen-bond acceptors (Lipinski definition) is 2. The molecule has 3 heteroatoms. The van der Waals surface area contributed by atoms with Gasteiger partial charge in [-0.05, 0) is 0 Å². The van der Waals surface area contributed by atoms with Crippen molar-refractivity contribution in [1.29, 1.82) is 0 Å². The zero-order valence-electron chi connectivity index (χ0n) is 14.9. The summed E-state index contributed by atoms with van der Waals surface area (Å²) in [5.74, 6) is 0. The van der Waals surface area contributed by atoms with Gasteiger partial charge >= 0.3 is 133 Å². The van der Waals surface area contributed by atoms with Crippen molar-refractivity contribution in [2.45, 2.75) is 70.6 Å². The van der Waals surface area contributed by atoms with Gasteiger partial charge in [-0.2, -0.15) is 0 Å². The van der Waals surface area contributed by atoms with E-state index in [-0.39, 0.29) is 0 Å². The van der Waals surface area contributed by atoms with Gasteiger partial charge in [0.2, 0.25) is 0 Å². The summed E-state index contributed by atoms with van der Waals surface area (Å²) in [6.07, 6.45) is 7.03. The minimum absolute atomic E-state index is 1.19. The summed E-state index contributed by atoms with van der Waals surface area (Å²) in [5.41, 5.74) is 0. The summed E-state index contributed by atoms with van der Waals surface area (Å²) in [6, 6.07) is 0. The van der Waals surface area contributed by atoms with E-state index in [9.17, 15) is 0 Å². The fourth-order valence-corrected chi connectivity index (χ4v) is 19.6. The molecule has 0 fully saturated rings. The number of nitrogens with one attached hydrogen (secondary N) is 1. The molecule has 0 aromatic rings. The third-order valence-corrected chi connectivity index (χ3v) is 21.8. The minimum atomic E-state index is -1.74. The van der Waals surface area contributed by atoms with Gasteiger partial charge in [0.15, 0.2) is 0 Å². The van der Waals surface area contributed by atoms with E-state index in [4.69, 9.17) is 0 Å². The molecule has 0 rings (SSSR count). The van der Waals surface area contributed by atoms with E-state index in [1.807, 2.05) is 0 Å². The van der Waals surface area contributed by atoms with E-state index in [1.165, 1.54) is 51.7 Å². The Labute approximate surface area is 133 Å². The van der Waals surface area contributed by atoms with Crippen molar-refractivity contribution in [1.82, 2.24) is 10.2 Å². The topological polar surface area (TPSA) is 15.3 Å². The number of hydrogen-bond donors (Lipinski definition) is 1. The van der Waals surface area contributed by atoms with E-state index in [1.54, 1.807) is 17.7 Å². The van der Waals surface area contributed by atoms with Gasteiger partial charge < -0.3 is 0 Å². The van der Waals surface area contributed by atoms with E-state index in [0.717, 1.165) is 0 Å². The third-order valence-electron chi connectivity index (χ3n) is 4.36. The van der Waals surface area contributed by atoms with Gasteiger partial charge in [-0.3, -0.25) is 0 Å². The molecule has 0 aromatic heterocycles. The Morgan fingerprint density at radius 1 is 0.750 bits per heavy atom. The standard InChI is InChI=1S/C8H19N2.3C3H7.Sn/c1-4-6-9-7-5-8-10(2)3;3*1-3-2;/h9H,1,4-8H2,2-3H3;3*1,3H2,2H3;. The van der Waals surface area contributed by atoms with Crippen LogP contribution in [-0.2, 0) is 0 Å². The van der Waals surface area contributed by atoms with Crippen molar-refractivity contribution < 1.29 is 0 Å². The van der Waals surface area contributed by atoms with Gasteiger partial charge in [-0.1, -0.05) is 0 Å². The fraction of sp³-hybridized carbons (Fsp3) is 1.00. The Balaban J connectivity index is 3.88. The Kier molecular flexibility index (Phi) is 13.9. The molecule has 0 bridgehead atoms. The zero-order valence-corrected chi connectivity index (χ0v) is 17.8. The molecule has 0 heterocycles. The predicted molar refractivity (Wildman–Crippen MR) is 96.5 cm³/mol. The quantitative estimate of drug-likeness (QED) is 0.344. The third kappa shape index (κ3) is 10.4. The van der Waals surface area contributed by atoms with Crippen LogP contribution in [0.5, 0.6) is 0 Å². The molecule has 0 atom stereocenters. The molecule has 20 heavy (non-hydrogen) atoms. The molecule has 0 saturated heterocycles. The van der Waals surface area contributed by atoms with Crippen LogP contribution >= 0.6 is 0 Å². The monoisotopic (exact) mass is 392 g/mol. The first-order valence-corrected chi connectivity index (χ1v) is 17.0. The Morgan fingerprint density at radius 2 is 1.25 bits per heavy atom. The van der Waals surface area contributed by atoms with Crippen LogP contribution in [0.2, 0.25) is 17.7 Å². The number of rotatable bonds is 14. The van der Waals surface area contributed by atoms with E-state index < -0.39 is 18.4 Å². The summed E-state index contributed by atoms with van der Waals surface area (Å²) >= 11 is -1.74. The summed E-state index contributed by atoms with van der Waals surface area (Å²) in [4.78, 5) is 2.27. The second kappa shape index (κ2) is 13.4. The Hall–Kier alpha value is 0.719. The maximum absolute atomic E-state index is 3.65. The van der Waals surface area contributed by atoms with Crippen LogP contribution in [0.4, 0.5) is 0 Å². The second-order valence-corrected chi connectivity index (χ2v) is 21.0. The van der Waals surface area contributed by atoms with E-state index in [2.05, 4.69) is 45.1 Å². The molecule has 0 amide bonds. The predicted octanol–water partition coefficient (Wildman–Crippen LogP) is 4.60. The molecule has 0 aliphatic heterocycles. The molecule has 0 aliphatic rings. The summed E-state index contributed by atoms with van der Waals surface area (Å²) in [7, 11) is 4.31. The average molecular weight is 391 g/mol. The van der Waals surface area contributed by atoms with Crippen LogP contribution in [0, 0.1) is 0 Å². The molecular weight excluding hydrogens is 351 g/mol. The summed E-state index contributed by atoms with van der Waals surface area (Å²) in [6.45, 7) is 10.8. The van der Waals surface area contributed by atoms with Gasteiger partial charge in [0.25, 0.3) is 0 Å². The van der Waals surface area contributed by atoms with Crippen LogP contribution in [0.1, 0.15) is 52.9 Å². The van der Waals surface area contributed by atoms with Crippen molar-refractivity contribution >= 4 is 18.4 Å². The van der Waals surface area contributed by atoms with Crippen molar-refractivity contribution in [2.24, 2.45) is 0 Å². The molecule has 1 N–H and O–H groups in total.